The summed E-state index contributed by atoms with van der Waals surface area (Å²) in [5.74, 6) is 1.84. The van der Waals surface area contributed by atoms with Crippen LogP contribution in [-0.2, 0) is 38.1 Å². The van der Waals surface area contributed by atoms with Crippen molar-refractivity contribution in [3.63, 3.8) is 0 Å². The molecule has 14 atom stereocenters. The van der Waals surface area contributed by atoms with Crippen LogP contribution in [0.5, 0.6) is 0 Å². The predicted octanol–water partition coefficient (Wildman–Crippen LogP) is 10.1. The summed E-state index contributed by atoms with van der Waals surface area (Å²) in [5, 5.41) is 8.90. The standard InChI is InChI=1S/C30H34FNO5.C26H29FN2O2.C3H4O3/c1-18-29-26(10-8-24-7-6-21(17-32-24)20-3-2-4-23(31)15-20)25-9-5-19(14-28(34)36-12-11-33)13-22(25)16-27(29)30(35)37-18;1-15-25-23(22-9-6-20(28)12-18(22)13-24(25)26(30)31-15)10-8-21-7-5-17(14-29-21)16-3-2-4-19(27)11-16;4-3-5-1-2-6-3/h2-4,6-8,10,15,17-19,22,25-27,29,33H,5,9,11-14,16H2,1H3;2-5,7-8,10-11,14-15,18,20,22-25H,6,9,12-13,28H2,1H3;1-2H2/b2*10-8+;/t18-,19-,22+,25-,26+,27-,29+;15-,18+,20-,22-,23+,24-,25+;/m11./s1. The van der Waals surface area contributed by atoms with Crippen molar-refractivity contribution >= 4 is 36.2 Å². The monoisotopic (exact) mass is 1020 g/mol. The maximum atomic E-state index is 13.6. The third kappa shape index (κ3) is 12.4. The van der Waals surface area contributed by atoms with Crippen molar-refractivity contribution in [3.05, 3.63) is 120 Å². The molecule has 3 N–H and O–H groups in total. The highest BCUT2D eigenvalue weighted by Crippen LogP contribution is 2.56. The van der Waals surface area contributed by atoms with Gasteiger partial charge >= 0.3 is 24.1 Å². The zero-order valence-corrected chi connectivity index (χ0v) is 42.0. The number of cyclic esters (lactones) is 4. The molecule has 0 bridgehead atoms. The first-order chi connectivity index (χ1) is 35.8. The van der Waals surface area contributed by atoms with Crippen LogP contribution in [0.3, 0.4) is 0 Å². The fourth-order valence-electron chi connectivity index (χ4n) is 13.4. The summed E-state index contributed by atoms with van der Waals surface area (Å²) < 4.78 is 52.1. The highest BCUT2D eigenvalue weighted by Gasteiger charge is 2.56. The van der Waals surface area contributed by atoms with Crippen LogP contribution in [0.4, 0.5) is 13.6 Å². The molecule has 7 fully saturated rings. The second-order valence-corrected chi connectivity index (χ2v) is 21.2. The third-order valence-corrected chi connectivity index (χ3v) is 16.6. The van der Waals surface area contributed by atoms with E-state index in [0.717, 1.165) is 85.0 Å². The van der Waals surface area contributed by atoms with E-state index in [-0.39, 0.29) is 96.5 Å². The van der Waals surface area contributed by atoms with Crippen molar-refractivity contribution in [1.29, 1.82) is 0 Å². The fraction of sp³-hybridized carbons (Fsp3) is 0.492. The quantitative estimate of drug-likeness (QED) is 0.113. The molecule has 2 aromatic heterocycles. The van der Waals surface area contributed by atoms with Crippen molar-refractivity contribution in [1.82, 2.24) is 9.97 Å². The van der Waals surface area contributed by atoms with Gasteiger partial charge in [0, 0.05) is 47.8 Å². The number of hydrogen-bond acceptors (Lipinski definition) is 13. The third-order valence-electron chi connectivity index (χ3n) is 16.6. The molecule has 4 aliphatic carbocycles. The normalized spacial score (nSPS) is 31.7. The first kappa shape index (κ1) is 52.5. The zero-order chi connectivity index (χ0) is 51.9. The lowest BCUT2D eigenvalue weighted by molar-refractivity contribution is -0.147. The number of nitrogens with two attached hydrogens (primary N) is 1. The average molecular weight is 1020 g/mol. The topological polar surface area (TPSA) is 186 Å². The molecule has 3 aliphatic heterocycles. The molecular weight excluding hydrogens is 949 g/mol. The van der Waals surface area contributed by atoms with Crippen LogP contribution in [0.15, 0.2) is 97.3 Å². The number of pyridine rings is 2. The number of esters is 3. The molecule has 3 saturated heterocycles. The van der Waals surface area contributed by atoms with Crippen LogP contribution >= 0.6 is 0 Å². The number of aliphatic hydroxyl groups is 1. The molecule has 4 aromatic rings. The van der Waals surface area contributed by atoms with E-state index in [9.17, 15) is 28.0 Å². The van der Waals surface area contributed by atoms with Gasteiger partial charge in [0.15, 0.2) is 0 Å². The molecule has 4 saturated carbocycles. The highest BCUT2D eigenvalue weighted by atomic mass is 19.1. The van der Waals surface area contributed by atoms with Crippen LogP contribution < -0.4 is 5.73 Å². The molecule has 11 rings (SSSR count). The lowest BCUT2D eigenvalue weighted by atomic mass is 9.56. The van der Waals surface area contributed by atoms with Crippen molar-refractivity contribution in [2.45, 2.75) is 89.9 Å². The Morgan fingerprint density at radius 3 is 1.66 bits per heavy atom. The summed E-state index contributed by atoms with van der Waals surface area (Å²) in [6, 6.07) is 21.1. The lowest BCUT2D eigenvalue weighted by Gasteiger charge is -2.47. The van der Waals surface area contributed by atoms with E-state index in [0.29, 0.717) is 49.2 Å². The van der Waals surface area contributed by atoms with E-state index in [1.54, 1.807) is 24.5 Å². The largest absolute Gasteiger partial charge is 0.508 e. The zero-order valence-electron chi connectivity index (χ0n) is 42.0. The number of hydrogen-bond donors (Lipinski definition) is 2. The number of aliphatic hydroxyl groups excluding tert-OH is 1. The number of fused-ring (bicyclic) bond motifs is 4. The van der Waals surface area contributed by atoms with Crippen molar-refractivity contribution in [3.8, 4) is 22.3 Å². The van der Waals surface area contributed by atoms with Gasteiger partial charge in [-0.2, -0.15) is 0 Å². The second kappa shape index (κ2) is 23.9. The van der Waals surface area contributed by atoms with E-state index in [2.05, 4.69) is 37.7 Å². The maximum Gasteiger partial charge on any atom is 0.508 e. The van der Waals surface area contributed by atoms with Crippen molar-refractivity contribution in [2.24, 2.45) is 70.8 Å². The molecule has 5 heterocycles. The molecule has 0 unspecified atom stereocenters. The Bertz CT molecular complexity index is 2660. The van der Waals surface area contributed by atoms with E-state index in [4.69, 9.17) is 25.1 Å². The van der Waals surface area contributed by atoms with Gasteiger partial charge in [0.2, 0.25) is 0 Å². The number of benzene rings is 2. The minimum absolute atomic E-state index is 0.0143. The summed E-state index contributed by atoms with van der Waals surface area (Å²) in [6.07, 6.45) is 19.5. The number of carbonyl (C=O) groups excluding carboxylic acids is 4. The minimum Gasteiger partial charge on any atom is -0.463 e. The second-order valence-electron chi connectivity index (χ2n) is 21.2. The molecule has 0 spiro atoms. The maximum absolute atomic E-state index is 13.6. The molecule has 0 radical (unpaired) electrons. The molecular formula is C59H67F2N3O10. The van der Waals surface area contributed by atoms with E-state index in [1.165, 1.54) is 24.3 Å². The van der Waals surface area contributed by atoms with Gasteiger partial charge in [-0.25, -0.2) is 13.6 Å². The van der Waals surface area contributed by atoms with Gasteiger partial charge in [-0.05, 0) is 166 Å². The van der Waals surface area contributed by atoms with Crippen LogP contribution in [-0.4, -0.2) is 83.8 Å². The number of ether oxygens (including phenoxy) is 5. The van der Waals surface area contributed by atoms with Gasteiger partial charge in [-0.15, -0.1) is 0 Å². The molecule has 74 heavy (non-hydrogen) atoms. The van der Waals surface area contributed by atoms with Crippen LogP contribution in [0.1, 0.15) is 83.0 Å². The smallest absolute Gasteiger partial charge is 0.463 e. The van der Waals surface area contributed by atoms with Gasteiger partial charge in [0.25, 0.3) is 0 Å². The molecule has 13 nitrogen and oxygen atoms in total. The summed E-state index contributed by atoms with van der Waals surface area (Å²) in [7, 11) is 0. The number of carbonyl (C=O) groups is 4. The average Bonchev–Trinajstić information content (AvgIpc) is 4.09. The highest BCUT2D eigenvalue weighted by molar-refractivity contribution is 5.76. The Kier molecular flexibility index (Phi) is 17.0. The van der Waals surface area contributed by atoms with Crippen LogP contribution in [0.25, 0.3) is 34.4 Å². The Balaban J connectivity index is 0.000000165. The first-order valence-corrected chi connectivity index (χ1v) is 26.3. The van der Waals surface area contributed by atoms with Gasteiger partial charge < -0.3 is 34.5 Å². The van der Waals surface area contributed by atoms with E-state index < -0.39 is 6.16 Å². The number of halogens is 2. The van der Waals surface area contributed by atoms with Crippen LogP contribution in [0, 0.1) is 76.7 Å². The van der Waals surface area contributed by atoms with Gasteiger partial charge in [0.1, 0.15) is 43.7 Å². The molecule has 392 valence electrons. The fourth-order valence-corrected chi connectivity index (χ4v) is 13.4. The lowest BCUT2D eigenvalue weighted by Crippen LogP contribution is -2.46. The number of nitrogens with zero attached hydrogens (tertiary/aromatic N) is 2. The Hall–Kier alpha value is -6.32. The Morgan fingerprint density at radius 1 is 0.689 bits per heavy atom. The molecule has 15 heteroatoms. The molecule has 2 aromatic carbocycles. The van der Waals surface area contributed by atoms with Crippen LogP contribution in [0.2, 0.25) is 0 Å². The van der Waals surface area contributed by atoms with Crippen molar-refractivity contribution < 1.29 is 56.7 Å². The molecule has 7 aliphatic rings. The molecule has 0 amide bonds. The first-order valence-electron chi connectivity index (χ1n) is 26.3. The van der Waals surface area contributed by atoms with Gasteiger partial charge in [-0.3, -0.25) is 24.4 Å². The Labute approximate surface area is 431 Å². The summed E-state index contributed by atoms with van der Waals surface area (Å²) >= 11 is 0. The summed E-state index contributed by atoms with van der Waals surface area (Å²) in [5.41, 5.74) is 11.3. The predicted molar refractivity (Wildman–Crippen MR) is 272 cm³/mol. The van der Waals surface area contributed by atoms with Gasteiger partial charge in [-0.1, -0.05) is 48.6 Å². The minimum atomic E-state index is -0.546. The SMILES string of the molecule is C[C@H]1OC(=O)[C@@H]2C[C@@H]3C[C@H](CC(=O)OCCO)CC[C@H]3[C@H](/C=C/c3ccc(-c4cccc(F)c4)cn3)[C@H]12.C[C@H]1OC(=O)[C@@H]2C[C@@H]3C[C@H](N)CC[C@H]3[C@H](/C=C/c3ccc(-c4cccc(F)c4)cn3)[C@H]12.O=C1OCCO1. The number of rotatable bonds is 10. The summed E-state index contributed by atoms with van der Waals surface area (Å²) in [4.78, 5) is 56.3. The van der Waals surface area contributed by atoms with E-state index in [1.807, 2.05) is 56.3 Å². The Morgan fingerprint density at radius 2 is 1.20 bits per heavy atom. The summed E-state index contributed by atoms with van der Waals surface area (Å²) in [6.45, 7) is 4.73. The number of aromatic nitrogens is 2. The van der Waals surface area contributed by atoms with E-state index >= 15 is 0 Å². The van der Waals surface area contributed by atoms with Crippen molar-refractivity contribution in [2.75, 3.05) is 26.4 Å². The van der Waals surface area contributed by atoms with Gasteiger partial charge in [0.05, 0.1) is 29.8 Å². The number of allylic oxidation sites excluding steroid dienone is 2.